The van der Waals surface area contributed by atoms with E-state index < -0.39 is 10.0 Å². The smallest absolute Gasteiger partial charge is 0.261 e. The Bertz CT molecular complexity index is 1130. The second-order valence-corrected chi connectivity index (χ2v) is 8.83. The molecule has 30 heavy (non-hydrogen) atoms. The number of amides is 1. The fourth-order valence-corrected chi connectivity index (χ4v) is 3.79. The van der Waals surface area contributed by atoms with Crippen molar-refractivity contribution in [1.29, 1.82) is 0 Å². The Morgan fingerprint density at radius 2 is 1.57 bits per heavy atom. The topological polar surface area (TPSA) is 100 Å². The van der Waals surface area contributed by atoms with Crippen molar-refractivity contribution in [3.8, 4) is 0 Å². The number of sulfonamides is 1. The van der Waals surface area contributed by atoms with E-state index in [0.29, 0.717) is 22.8 Å². The number of carbonyl (C=O) groups excluding carboxylic acids is 1. The molecule has 3 rings (SSSR count). The van der Waals surface area contributed by atoms with E-state index >= 15 is 0 Å². The quantitative estimate of drug-likeness (QED) is 0.526. The van der Waals surface area contributed by atoms with E-state index in [1.54, 1.807) is 66.9 Å². The van der Waals surface area contributed by atoms with E-state index in [4.69, 9.17) is 0 Å². The number of carbonyl (C=O) groups is 1. The van der Waals surface area contributed by atoms with Gasteiger partial charge in [0.1, 0.15) is 5.82 Å². The first-order chi connectivity index (χ1) is 14.2. The molecule has 0 unspecified atom stereocenters. The van der Waals surface area contributed by atoms with Gasteiger partial charge in [0.2, 0.25) is 0 Å². The SMILES string of the molecule is Cc1ccc(S(=O)(=O)Nc2ccc(NC(=O)c3cccnc3NC(C)C)cc2)cc1. The van der Waals surface area contributed by atoms with Gasteiger partial charge in [-0.1, -0.05) is 17.7 Å². The average molecular weight is 425 g/mol. The van der Waals surface area contributed by atoms with Gasteiger partial charge < -0.3 is 10.6 Å². The van der Waals surface area contributed by atoms with Gasteiger partial charge in [0.25, 0.3) is 15.9 Å². The van der Waals surface area contributed by atoms with Crippen LogP contribution in [0.3, 0.4) is 0 Å². The maximum atomic E-state index is 12.6. The molecule has 1 heterocycles. The average Bonchev–Trinajstić information content (AvgIpc) is 2.69. The number of nitrogens with zero attached hydrogens (tertiary/aromatic N) is 1. The third-order valence-corrected chi connectivity index (χ3v) is 5.60. The van der Waals surface area contributed by atoms with Crippen molar-refractivity contribution in [1.82, 2.24) is 4.98 Å². The number of benzene rings is 2. The lowest BCUT2D eigenvalue weighted by atomic mass is 10.2. The minimum absolute atomic E-state index is 0.132. The summed E-state index contributed by atoms with van der Waals surface area (Å²) in [6.07, 6.45) is 1.62. The van der Waals surface area contributed by atoms with E-state index in [2.05, 4.69) is 20.3 Å². The van der Waals surface area contributed by atoms with Crippen LogP contribution in [0.2, 0.25) is 0 Å². The summed E-state index contributed by atoms with van der Waals surface area (Å²) >= 11 is 0. The Hall–Kier alpha value is -3.39. The monoisotopic (exact) mass is 424 g/mol. The zero-order valence-corrected chi connectivity index (χ0v) is 17.8. The fourth-order valence-electron chi connectivity index (χ4n) is 2.73. The predicted molar refractivity (Wildman–Crippen MR) is 119 cm³/mol. The number of rotatable bonds is 7. The Kier molecular flexibility index (Phi) is 6.37. The van der Waals surface area contributed by atoms with E-state index in [-0.39, 0.29) is 16.8 Å². The molecule has 156 valence electrons. The van der Waals surface area contributed by atoms with E-state index in [9.17, 15) is 13.2 Å². The van der Waals surface area contributed by atoms with Crippen LogP contribution in [0.15, 0.2) is 71.8 Å². The molecule has 0 aliphatic rings. The highest BCUT2D eigenvalue weighted by atomic mass is 32.2. The third kappa shape index (κ3) is 5.36. The van der Waals surface area contributed by atoms with Gasteiger partial charge in [-0.05, 0) is 69.3 Å². The maximum Gasteiger partial charge on any atom is 0.261 e. The van der Waals surface area contributed by atoms with Crippen molar-refractivity contribution in [3.63, 3.8) is 0 Å². The van der Waals surface area contributed by atoms with E-state index in [1.807, 2.05) is 20.8 Å². The number of aryl methyl sites for hydroxylation is 1. The molecule has 0 radical (unpaired) electrons. The summed E-state index contributed by atoms with van der Waals surface area (Å²) in [6.45, 7) is 5.82. The van der Waals surface area contributed by atoms with E-state index in [1.165, 1.54) is 0 Å². The predicted octanol–water partition coefficient (Wildman–Crippen LogP) is 4.26. The van der Waals surface area contributed by atoms with Crippen LogP contribution in [-0.2, 0) is 10.0 Å². The lowest BCUT2D eigenvalue weighted by molar-refractivity contribution is 0.102. The van der Waals surface area contributed by atoms with Crippen LogP contribution in [0.25, 0.3) is 0 Å². The Labute approximate surface area is 176 Å². The molecule has 1 amide bonds. The molecule has 0 bridgehead atoms. The molecule has 1 aromatic heterocycles. The Balaban J connectivity index is 1.71. The molecule has 0 saturated heterocycles. The van der Waals surface area contributed by atoms with Gasteiger partial charge in [0, 0.05) is 23.6 Å². The van der Waals surface area contributed by atoms with Gasteiger partial charge in [-0.2, -0.15) is 0 Å². The summed E-state index contributed by atoms with van der Waals surface area (Å²) in [6, 6.07) is 16.6. The van der Waals surface area contributed by atoms with Gasteiger partial charge in [0.05, 0.1) is 10.5 Å². The van der Waals surface area contributed by atoms with E-state index in [0.717, 1.165) is 5.56 Å². The zero-order valence-electron chi connectivity index (χ0n) is 17.0. The lowest BCUT2D eigenvalue weighted by Crippen LogP contribution is -2.18. The molecule has 0 aliphatic heterocycles. The van der Waals surface area contributed by atoms with Crippen molar-refractivity contribution in [2.75, 3.05) is 15.4 Å². The van der Waals surface area contributed by atoms with Crippen LogP contribution < -0.4 is 15.4 Å². The molecule has 0 aliphatic carbocycles. The number of nitrogens with one attached hydrogen (secondary N) is 3. The minimum Gasteiger partial charge on any atom is -0.367 e. The van der Waals surface area contributed by atoms with Crippen molar-refractivity contribution >= 4 is 33.1 Å². The minimum atomic E-state index is -3.68. The first kappa shape index (κ1) is 21.3. The number of aromatic nitrogens is 1. The fraction of sp³-hybridized carbons (Fsp3) is 0.182. The van der Waals surface area contributed by atoms with Crippen molar-refractivity contribution in [2.45, 2.75) is 31.7 Å². The molecule has 7 nitrogen and oxygen atoms in total. The highest BCUT2D eigenvalue weighted by Crippen LogP contribution is 2.20. The highest BCUT2D eigenvalue weighted by Gasteiger charge is 2.15. The normalized spacial score (nSPS) is 11.2. The van der Waals surface area contributed by atoms with Gasteiger partial charge in [-0.15, -0.1) is 0 Å². The summed E-state index contributed by atoms with van der Waals surface area (Å²) in [5.41, 5.74) is 2.35. The largest absolute Gasteiger partial charge is 0.367 e. The molecule has 3 aromatic rings. The van der Waals surface area contributed by atoms with Crippen LogP contribution in [0.5, 0.6) is 0 Å². The molecule has 0 spiro atoms. The molecule has 0 saturated carbocycles. The molecule has 3 N–H and O–H groups in total. The molecule has 0 fully saturated rings. The molecular weight excluding hydrogens is 400 g/mol. The zero-order chi connectivity index (χ0) is 21.7. The van der Waals surface area contributed by atoms with Crippen molar-refractivity contribution in [2.24, 2.45) is 0 Å². The second-order valence-electron chi connectivity index (χ2n) is 7.15. The molecule has 0 atom stereocenters. The standard InChI is InChI=1S/C22H24N4O3S/c1-15(2)24-21-20(5-4-14-23-21)22(27)25-17-8-10-18(11-9-17)26-30(28,29)19-12-6-16(3)7-13-19/h4-15,26H,1-3H3,(H,23,24)(H,25,27). The molecule has 8 heteroatoms. The summed E-state index contributed by atoms with van der Waals surface area (Å²) in [7, 11) is -3.68. The van der Waals surface area contributed by atoms with Crippen LogP contribution in [-0.4, -0.2) is 25.4 Å². The highest BCUT2D eigenvalue weighted by molar-refractivity contribution is 7.92. The number of pyridine rings is 1. The van der Waals surface area contributed by atoms with Crippen LogP contribution in [0.4, 0.5) is 17.2 Å². The van der Waals surface area contributed by atoms with Gasteiger partial charge in [-0.25, -0.2) is 13.4 Å². The van der Waals surface area contributed by atoms with Gasteiger partial charge in [0.15, 0.2) is 0 Å². The summed E-state index contributed by atoms with van der Waals surface area (Å²) in [4.78, 5) is 17.0. The maximum absolute atomic E-state index is 12.6. The van der Waals surface area contributed by atoms with Crippen LogP contribution in [0.1, 0.15) is 29.8 Å². The van der Waals surface area contributed by atoms with Gasteiger partial charge in [-0.3, -0.25) is 9.52 Å². The summed E-state index contributed by atoms with van der Waals surface area (Å²) in [5.74, 6) is 0.201. The van der Waals surface area contributed by atoms with Crippen LogP contribution >= 0.6 is 0 Å². The number of hydrogen-bond acceptors (Lipinski definition) is 5. The first-order valence-corrected chi connectivity index (χ1v) is 11.0. The van der Waals surface area contributed by atoms with Crippen molar-refractivity contribution < 1.29 is 13.2 Å². The third-order valence-electron chi connectivity index (χ3n) is 4.20. The first-order valence-electron chi connectivity index (χ1n) is 9.47. The van der Waals surface area contributed by atoms with Crippen LogP contribution in [0, 0.1) is 6.92 Å². The van der Waals surface area contributed by atoms with Gasteiger partial charge >= 0.3 is 0 Å². The second kappa shape index (κ2) is 8.96. The number of hydrogen-bond donors (Lipinski definition) is 3. The number of anilines is 3. The Morgan fingerprint density at radius 3 is 2.20 bits per heavy atom. The summed E-state index contributed by atoms with van der Waals surface area (Å²) in [5, 5.41) is 5.95. The molecular formula is C22H24N4O3S. The lowest BCUT2D eigenvalue weighted by Gasteiger charge is -2.14. The van der Waals surface area contributed by atoms with Crippen molar-refractivity contribution in [3.05, 3.63) is 78.0 Å². The Morgan fingerprint density at radius 1 is 0.933 bits per heavy atom. The summed E-state index contributed by atoms with van der Waals surface area (Å²) < 4.78 is 27.5. The molecule has 2 aromatic carbocycles.